The Morgan fingerprint density at radius 3 is 2.25 bits per heavy atom. The molecule has 2 saturated heterocycles. The lowest BCUT2D eigenvalue weighted by Gasteiger charge is -2.45. The van der Waals surface area contributed by atoms with Gasteiger partial charge in [-0.2, -0.15) is 0 Å². The molecule has 0 atom stereocenters. The molecule has 114 valence electrons. The molecule has 3 aliphatic rings. The highest BCUT2D eigenvalue weighted by Gasteiger charge is 2.49. The van der Waals surface area contributed by atoms with Crippen LogP contribution in [-0.4, -0.2) is 72.5 Å². The molecule has 0 N–H and O–H groups in total. The quantitative estimate of drug-likeness (QED) is 0.775. The van der Waals surface area contributed by atoms with Gasteiger partial charge in [-0.15, -0.1) is 0 Å². The number of amides is 1. The number of hydrogen-bond acceptors (Lipinski definition) is 3. The van der Waals surface area contributed by atoms with Gasteiger partial charge in [-0.1, -0.05) is 6.92 Å². The maximum atomic E-state index is 12.2. The van der Waals surface area contributed by atoms with Crippen LogP contribution in [0.15, 0.2) is 0 Å². The second-order valence-electron chi connectivity index (χ2n) is 7.57. The van der Waals surface area contributed by atoms with Gasteiger partial charge < -0.3 is 9.80 Å². The highest BCUT2D eigenvalue weighted by molar-refractivity contribution is 5.85. The van der Waals surface area contributed by atoms with E-state index in [1.807, 2.05) is 0 Å². The summed E-state index contributed by atoms with van der Waals surface area (Å²) >= 11 is 0. The third kappa shape index (κ3) is 2.86. The van der Waals surface area contributed by atoms with Gasteiger partial charge in [0.1, 0.15) is 0 Å². The summed E-state index contributed by atoms with van der Waals surface area (Å²) in [5.74, 6) is 1.13. The molecule has 0 aromatic rings. The first kappa shape index (κ1) is 14.3. The van der Waals surface area contributed by atoms with Crippen molar-refractivity contribution in [2.75, 3.05) is 45.8 Å². The first-order valence-corrected chi connectivity index (χ1v) is 8.24. The van der Waals surface area contributed by atoms with Gasteiger partial charge >= 0.3 is 0 Å². The first-order valence-electron chi connectivity index (χ1n) is 8.24. The Kier molecular flexibility index (Phi) is 3.80. The summed E-state index contributed by atoms with van der Waals surface area (Å²) < 4.78 is 0. The molecule has 1 aliphatic carbocycles. The van der Waals surface area contributed by atoms with Gasteiger partial charge in [0.25, 0.3) is 0 Å². The van der Waals surface area contributed by atoms with Gasteiger partial charge in [0.15, 0.2) is 0 Å². The third-order valence-corrected chi connectivity index (χ3v) is 5.41. The zero-order valence-electron chi connectivity index (χ0n) is 13.3. The molecule has 2 aliphatic heterocycles. The molecule has 0 unspecified atom stereocenters. The molecule has 4 heteroatoms. The van der Waals surface area contributed by atoms with Crippen molar-refractivity contribution in [3.63, 3.8) is 0 Å². The van der Waals surface area contributed by atoms with Crippen molar-refractivity contribution in [1.29, 1.82) is 0 Å². The summed E-state index contributed by atoms with van der Waals surface area (Å²) in [6.07, 6.45) is 2.20. The van der Waals surface area contributed by atoms with E-state index < -0.39 is 0 Å². The van der Waals surface area contributed by atoms with E-state index in [1.165, 1.54) is 32.7 Å². The molecule has 0 aromatic carbocycles. The summed E-state index contributed by atoms with van der Waals surface area (Å²) in [4.78, 5) is 19.4. The summed E-state index contributed by atoms with van der Waals surface area (Å²) in [6, 6.07) is 0.674. The normalized spacial score (nSPS) is 27.7. The lowest BCUT2D eigenvalue weighted by atomic mass is 9.96. The van der Waals surface area contributed by atoms with Gasteiger partial charge in [-0.25, -0.2) is 0 Å². The molecule has 0 spiro atoms. The number of likely N-dealkylation sites (tertiary alicyclic amines) is 1. The Labute approximate surface area is 123 Å². The van der Waals surface area contributed by atoms with E-state index in [0.717, 1.165) is 25.9 Å². The van der Waals surface area contributed by atoms with Gasteiger partial charge in [0.2, 0.25) is 5.91 Å². The van der Waals surface area contributed by atoms with Crippen molar-refractivity contribution < 1.29 is 4.79 Å². The van der Waals surface area contributed by atoms with Crippen molar-refractivity contribution >= 4 is 5.91 Å². The van der Waals surface area contributed by atoms with Crippen LogP contribution in [-0.2, 0) is 4.79 Å². The number of nitrogens with zero attached hydrogens (tertiary/aromatic N) is 3. The molecule has 2 heterocycles. The van der Waals surface area contributed by atoms with Crippen molar-refractivity contribution in [2.45, 2.75) is 39.7 Å². The number of piperazine rings is 1. The SMILES string of the molecule is CC(C)N1CCN(CC2CN(C(=O)C3(C)CC3)C2)CC1. The Hall–Kier alpha value is -0.610. The van der Waals surface area contributed by atoms with Crippen molar-refractivity contribution in [2.24, 2.45) is 11.3 Å². The summed E-state index contributed by atoms with van der Waals surface area (Å²) in [6.45, 7) is 14.7. The van der Waals surface area contributed by atoms with Crippen LogP contribution in [0.4, 0.5) is 0 Å². The van der Waals surface area contributed by atoms with Crippen LogP contribution in [0.25, 0.3) is 0 Å². The Morgan fingerprint density at radius 2 is 1.75 bits per heavy atom. The van der Waals surface area contributed by atoms with E-state index in [9.17, 15) is 4.79 Å². The average Bonchev–Trinajstić information content (AvgIpc) is 3.12. The Balaban J connectivity index is 1.36. The Morgan fingerprint density at radius 1 is 1.15 bits per heavy atom. The zero-order valence-corrected chi connectivity index (χ0v) is 13.3. The molecule has 0 aromatic heterocycles. The maximum absolute atomic E-state index is 12.2. The van der Waals surface area contributed by atoms with Crippen LogP contribution < -0.4 is 0 Å². The van der Waals surface area contributed by atoms with Crippen LogP contribution in [0, 0.1) is 11.3 Å². The van der Waals surface area contributed by atoms with E-state index >= 15 is 0 Å². The van der Waals surface area contributed by atoms with Crippen molar-refractivity contribution in [3.05, 3.63) is 0 Å². The second kappa shape index (κ2) is 5.30. The van der Waals surface area contributed by atoms with Crippen LogP contribution in [0.5, 0.6) is 0 Å². The van der Waals surface area contributed by atoms with E-state index in [0.29, 0.717) is 17.9 Å². The van der Waals surface area contributed by atoms with Gasteiger partial charge in [-0.3, -0.25) is 9.69 Å². The fraction of sp³-hybridized carbons (Fsp3) is 0.938. The second-order valence-corrected chi connectivity index (χ2v) is 7.57. The fourth-order valence-electron chi connectivity index (χ4n) is 3.46. The zero-order chi connectivity index (χ0) is 14.3. The minimum Gasteiger partial charge on any atom is -0.341 e. The minimum atomic E-state index is 0.0217. The van der Waals surface area contributed by atoms with Crippen LogP contribution in [0.1, 0.15) is 33.6 Å². The monoisotopic (exact) mass is 279 g/mol. The largest absolute Gasteiger partial charge is 0.341 e. The maximum Gasteiger partial charge on any atom is 0.228 e. The number of carbonyl (C=O) groups is 1. The highest BCUT2D eigenvalue weighted by Crippen LogP contribution is 2.47. The van der Waals surface area contributed by atoms with E-state index in [2.05, 4.69) is 35.5 Å². The van der Waals surface area contributed by atoms with Crippen LogP contribution in [0.2, 0.25) is 0 Å². The number of carbonyl (C=O) groups excluding carboxylic acids is 1. The van der Waals surface area contributed by atoms with Gasteiger partial charge in [-0.05, 0) is 26.7 Å². The Bertz CT molecular complexity index is 364. The van der Waals surface area contributed by atoms with Crippen LogP contribution in [0.3, 0.4) is 0 Å². The molecule has 20 heavy (non-hydrogen) atoms. The standard InChI is InChI=1S/C16H29N3O/c1-13(2)18-8-6-17(7-9-18)10-14-11-19(12-14)15(20)16(3)4-5-16/h13-14H,4-12H2,1-3H3. The molecule has 1 saturated carbocycles. The van der Waals surface area contributed by atoms with Crippen LogP contribution >= 0.6 is 0 Å². The molecule has 3 fully saturated rings. The molecular weight excluding hydrogens is 250 g/mol. The summed E-state index contributed by atoms with van der Waals surface area (Å²) in [7, 11) is 0. The molecular formula is C16H29N3O. The summed E-state index contributed by atoms with van der Waals surface area (Å²) in [5.41, 5.74) is 0.0217. The fourth-order valence-corrected chi connectivity index (χ4v) is 3.46. The third-order valence-electron chi connectivity index (χ3n) is 5.41. The lowest BCUT2D eigenvalue weighted by Crippen LogP contribution is -2.57. The average molecular weight is 279 g/mol. The number of hydrogen-bond donors (Lipinski definition) is 0. The van der Waals surface area contributed by atoms with E-state index in [-0.39, 0.29) is 5.41 Å². The van der Waals surface area contributed by atoms with Crippen molar-refractivity contribution in [3.8, 4) is 0 Å². The molecule has 4 nitrogen and oxygen atoms in total. The molecule has 0 radical (unpaired) electrons. The highest BCUT2D eigenvalue weighted by atomic mass is 16.2. The topological polar surface area (TPSA) is 26.8 Å². The predicted octanol–water partition coefficient (Wildman–Crippen LogP) is 1.27. The minimum absolute atomic E-state index is 0.0217. The van der Waals surface area contributed by atoms with E-state index in [4.69, 9.17) is 0 Å². The van der Waals surface area contributed by atoms with Gasteiger partial charge in [0, 0.05) is 63.2 Å². The summed E-state index contributed by atoms with van der Waals surface area (Å²) in [5, 5.41) is 0. The van der Waals surface area contributed by atoms with Crippen molar-refractivity contribution in [1.82, 2.24) is 14.7 Å². The predicted molar refractivity (Wildman–Crippen MR) is 80.6 cm³/mol. The van der Waals surface area contributed by atoms with Gasteiger partial charge in [0.05, 0.1) is 0 Å². The molecule has 0 bridgehead atoms. The van der Waals surface area contributed by atoms with E-state index in [1.54, 1.807) is 0 Å². The number of rotatable bonds is 4. The lowest BCUT2D eigenvalue weighted by molar-refractivity contribution is -0.143. The molecule has 1 amide bonds. The first-order chi connectivity index (χ1) is 9.48. The smallest absolute Gasteiger partial charge is 0.228 e. The molecule has 3 rings (SSSR count).